The van der Waals surface area contributed by atoms with Crippen LogP contribution in [-0.2, 0) is 0 Å². The third-order valence-electron chi connectivity index (χ3n) is 4.00. The quantitative estimate of drug-likeness (QED) is 0.627. The number of nitrogens with zero attached hydrogens (tertiary/aromatic N) is 4. The van der Waals surface area contributed by atoms with Gasteiger partial charge in [0, 0.05) is 12.6 Å². The molecule has 0 bridgehead atoms. The van der Waals surface area contributed by atoms with Gasteiger partial charge in [-0.05, 0) is 25.2 Å². The molecule has 2 fully saturated rings. The molecule has 2 N–H and O–H groups in total. The first-order valence-corrected chi connectivity index (χ1v) is 6.20. The molecule has 1 saturated carbocycles. The molecule has 96 valence electrons. The first-order valence-electron chi connectivity index (χ1n) is 6.20. The number of nitrogen functional groups attached to an aromatic ring is 1. The van der Waals surface area contributed by atoms with Gasteiger partial charge in [0.2, 0.25) is 11.8 Å². The van der Waals surface area contributed by atoms with Crippen LogP contribution in [0.2, 0.25) is 0 Å². The summed E-state index contributed by atoms with van der Waals surface area (Å²) in [7, 11) is 0. The van der Waals surface area contributed by atoms with E-state index in [-0.39, 0.29) is 11.5 Å². The van der Waals surface area contributed by atoms with E-state index in [0.717, 1.165) is 25.3 Å². The first-order chi connectivity index (χ1) is 8.66. The van der Waals surface area contributed by atoms with Crippen molar-refractivity contribution in [3.8, 4) is 0 Å². The van der Waals surface area contributed by atoms with E-state index in [0.29, 0.717) is 12.0 Å². The van der Waals surface area contributed by atoms with Gasteiger partial charge in [-0.15, -0.1) is 0 Å². The molecule has 1 aromatic heterocycles. The van der Waals surface area contributed by atoms with Crippen molar-refractivity contribution in [2.75, 3.05) is 17.2 Å². The van der Waals surface area contributed by atoms with E-state index in [1.807, 2.05) is 0 Å². The molecular weight excluding hydrogens is 234 g/mol. The maximum absolute atomic E-state index is 10.7. The first kappa shape index (κ1) is 11.2. The summed E-state index contributed by atoms with van der Waals surface area (Å²) in [5, 5.41) is 10.7. The third kappa shape index (κ3) is 1.66. The molecule has 0 spiro atoms. The predicted molar refractivity (Wildman–Crippen MR) is 66.2 cm³/mol. The van der Waals surface area contributed by atoms with Crippen LogP contribution in [0.1, 0.15) is 25.7 Å². The molecule has 7 nitrogen and oxygen atoms in total. The van der Waals surface area contributed by atoms with E-state index in [2.05, 4.69) is 14.9 Å². The Hall–Kier alpha value is -1.92. The fourth-order valence-electron chi connectivity index (χ4n) is 3.14. The van der Waals surface area contributed by atoms with Crippen LogP contribution < -0.4 is 10.6 Å². The van der Waals surface area contributed by atoms with Crippen LogP contribution >= 0.6 is 0 Å². The topological polar surface area (TPSA) is 98.2 Å². The molecule has 3 rings (SSSR count). The summed E-state index contributed by atoms with van der Waals surface area (Å²) in [4.78, 5) is 20.4. The van der Waals surface area contributed by atoms with E-state index >= 15 is 0 Å². The van der Waals surface area contributed by atoms with Crippen LogP contribution in [-0.4, -0.2) is 27.5 Å². The van der Waals surface area contributed by atoms with E-state index in [4.69, 9.17) is 5.73 Å². The molecule has 2 heterocycles. The minimum Gasteiger partial charge on any atom is -0.378 e. The number of fused-ring (bicyclic) bond motifs is 1. The Morgan fingerprint density at radius 3 is 3.00 bits per heavy atom. The lowest BCUT2D eigenvalue weighted by Gasteiger charge is -2.23. The molecule has 7 heteroatoms. The van der Waals surface area contributed by atoms with Crippen molar-refractivity contribution in [3.63, 3.8) is 0 Å². The van der Waals surface area contributed by atoms with Crippen LogP contribution in [0.15, 0.2) is 6.20 Å². The molecule has 1 saturated heterocycles. The Bertz CT molecular complexity index is 492. The van der Waals surface area contributed by atoms with Gasteiger partial charge in [0.05, 0.1) is 4.92 Å². The summed E-state index contributed by atoms with van der Waals surface area (Å²) in [6.07, 6.45) is 6.04. The zero-order valence-electron chi connectivity index (χ0n) is 9.95. The predicted octanol–water partition coefficient (Wildman–Crippen LogP) is 1.35. The number of nitrogens with two attached hydrogens (primary N) is 1. The smallest absolute Gasteiger partial charge is 0.329 e. The SMILES string of the molecule is Nc1nc(N2CCC3CCCC32)ncc1[N+](=O)[O-]. The molecule has 1 aliphatic carbocycles. The normalized spacial score (nSPS) is 26.3. The summed E-state index contributed by atoms with van der Waals surface area (Å²) in [5.74, 6) is 1.21. The van der Waals surface area contributed by atoms with Crippen molar-refractivity contribution >= 4 is 17.5 Å². The number of anilines is 2. The van der Waals surface area contributed by atoms with Crippen molar-refractivity contribution in [1.82, 2.24) is 9.97 Å². The standard InChI is InChI=1S/C11H15N5O2/c12-10-9(16(17)18)6-13-11(14-10)15-5-4-7-2-1-3-8(7)15/h6-8H,1-5H2,(H2,12,13,14). The molecule has 1 aliphatic heterocycles. The van der Waals surface area contributed by atoms with Gasteiger partial charge >= 0.3 is 5.69 Å². The number of rotatable bonds is 2. The molecule has 1 aromatic rings. The second kappa shape index (κ2) is 4.08. The number of aromatic nitrogens is 2. The van der Waals surface area contributed by atoms with E-state index in [1.54, 1.807) is 0 Å². The lowest BCUT2D eigenvalue weighted by atomic mass is 10.1. The van der Waals surface area contributed by atoms with Gasteiger partial charge in [-0.3, -0.25) is 10.1 Å². The summed E-state index contributed by atoms with van der Waals surface area (Å²) in [6, 6.07) is 0.492. The molecule has 18 heavy (non-hydrogen) atoms. The van der Waals surface area contributed by atoms with Gasteiger partial charge in [-0.25, -0.2) is 4.98 Å². The zero-order chi connectivity index (χ0) is 12.7. The van der Waals surface area contributed by atoms with Gasteiger partial charge in [0.1, 0.15) is 6.20 Å². The molecular formula is C11H15N5O2. The Balaban J connectivity index is 1.89. The average Bonchev–Trinajstić information content (AvgIpc) is 2.89. The van der Waals surface area contributed by atoms with Crippen molar-refractivity contribution in [2.45, 2.75) is 31.7 Å². The minimum atomic E-state index is -0.554. The monoisotopic (exact) mass is 249 g/mol. The highest BCUT2D eigenvalue weighted by Gasteiger charge is 2.38. The Kier molecular flexibility index (Phi) is 2.53. The van der Waals surface area contributed by atoms with Gasteiger partial charge in [-0.1, -0.05) is 6.42 Å². The Labute approximate surface area is 104 Å². The minimum absolute atomic E-state index is 0.0496. The van der Waals surface area contributed by atoms with Crippen LogP contribution in [0.5, 0.6) is 0 Å². The Morgan fingerprint density at radius 1 is 1.44 bits per heavy atom. The van der Waals surface area contributed by atoms with E-state index in [1.165, 1.54) is 19.0 Å². The second-order valence-electron chi connectivity index (χ2n) is 4.94. The highest BCUT2D eigenvalue weighted by Crippen LogP contribution is 2.39. The van der Waals surface area contributed by atoms with Crippen LogP contribution in [0.25, 0.3) is 0 Å². The molecule has 2 unspecified atom stereocenters. The largest absolute Gasteiger partial charge is 0.378 e. The zero-order valence-corrected chi connectivity index (χ0v) is 9.95. The lowest BCUT2D eigenvalue weighted by molar-refractivity contribution is -0.384. The fourth-order valence-corrected chi connectivity index (χ4v) is 3.14. The van der Waals surface area contributed by atoms with Crippen molar-refractivity contribution in [2.24, 2.45) is 5.92 Å². The van der Waals surface area contributed by atoms with Gasteiger partial charge in [0.15, 0.2) is 0 Å². The molecule has 0 aromatic carbocycles. The maximum atomic E-state index is 10.7. The van der Waals surface area contributed by atoms with Crippen LogP contribution in [0.3, 0.4) is 0 Å². The second-order valence-corrected chi connectivity index (χ2v) is 4.94. The van der Waals surface area contributed by atoms with Crippen LogP contribution in [0, 0.1) is 16.0 Å². The number of hydrogen-bond acceptors (Lipinski definition) is 6. The van der Waals surface area contributed by atoms with Crippen molar-refractivity contribution in [3.05, 3.63) is 16.3 Å². The molecule has 2 atom stereocenters. The summed E-state index contributed by atoms with van der Waals surface area (Å²) >= 11 is 0. The van der Waals surface area contributed by atoms with Gasteiger partial charge in [-0.2, -0.15) is 4.98 Å². The molecule has 0 amide bonds. The number of nitro groups is 1. The van der Waals surface area contributed by atoms with Crippen molar-refractivity contribution < 1.29 is 4.92 Å². The van der Waals surface area contributed by atoms with E-state index < -0.39 is 4.92 Å². The van der Waals surface area contributed by atoms with Gasteiger partial charge in [0.25, 0.3) is 0 Å². The molecule has 2 aliphatic rings. The highest BCUT2D eigenvalue weighted by atomic mass is 16.6. The highest BCUT2D eigenvalue weighted by molar-refractivity contribution is 5.54. The van der Waals surface area contributed by atoms with Gasteiger partial charge < -0.3 is 10.6 Å². The summed E-state index contributed by atoms with van der Waals surface area (Å²) in [6.45, 7) is 0.923. The summed E-state index contributed by atoms with van der Waals surface area (Å²) in [5.41, 5.74) is 5.39. The average molecular weight is 249 g/mol. The van der Waals surface area contributed by atoms with Crippen molar-refractivity contribution in [1.29, 1.82) is 0 Å². The maximum Gasteiger partial charge on any atom is 0.329 e. The number of hydrogen-bond donors (Lipinski definition) is 1. The Morgan fingerprint density at radius 2 is 2.28 bits per heavy atom. The third-order valence-corrected chi connectivity index (χ3v) is 4.00. The fraction of sp³-hybridized carbons (Fsp3) is 0.636. The van der Waals surface area contributed by atoms with Crippen LogP contribution in [0.4, 0.5) is 17.5 Å². The van der Waals surface area contributed by atoms with E-state index in [9.17, 15) is 10.1 Å². The lowest BCUT2D eigenvalue weighted by Crippen LogP contribution is -2.31. The summed E-state index contributed by atoms with van der Waals surface area (Å²) < 4.78 is 0. The molecule has 0 radical (unpaired) electrons.